The van der Waals surface area contributed by atoms with Crippen LogP contribution in [-0.4, -0.2) is 20.6 Å². The van der Waals surface area contributed by atoms with Crippen LogP contribution in [0.3, 0.4) is 0 Å². The summed E-state index contributed by atoms with van der Waals surface area (Å²) in [5, 5.41) is -0.896. The lowest BCUT2D eigenvalue weighted by Crippen LogP contribution is -2.29. The number of rotatable bonds is 4. The van der Waals surface area contributed by atoms with E-state index < -0.39 is 37.7 Å². The lowest BCUT2D eigenvalue weighted by Gasteiger charge is -2.14. The molecule has 0 radical (unpaired) electrons. The second-order valence-corrected chi connectivity index (χ2v) is 8.18. The molecule has 146 valence electrons. The van der Waals surface area contributed by atoms with Crippen LogP contribution in [0.15, 0.2) is 30.3 Å². The van der Waals surface area contributed by atoms with Gasteiger partial charge in [-0.05, 0) is 30.3 Å². The van der Waals surface area contributed by atoms with Crippen LogP contribution in [0.5, 0.6) is 11.5 Å². The number of ether oxygens (including phenoxy) is 1. The SMILES string of the molecule is CS(=O)(=O)NC(=O)c1cc(Oc2c(Cl)cc(C(F)(F)F)cc2Cl)ccc1Cl. The zero-order valence-electron chi connectivity index (χ0n) is 13.2. The molecule has 27 heavy (non-hydrogen) atoms. The van der Waals surface area contributed by atoms with Crippen LogP contribution in [0.4, 0.5) is 13.2 Å². The zero-order chi connectivity index (χ0) is 20.6. The third kappa shape index (κ3) is 5.65. The Morgan fingerprint density at radius 3 is 2.07 bits per heavy atom. The van der Waals surface area contributed by atoms with Gasteiger partial charge in [-0.25, -0.2) is 13.1 Å². The summed E-state index contributed by atoms with van der Waals surface area (Å²) in [6.45, 7) is 0. The molecule has 2 aromatic rings. The summed E-state index contributed by atoms with van der Waals surface area (Å²) in [6.07, 6.45) is -3.87. The number of sulfonamides is 1. The van der Waals surface area contributed by atoms with Crippen molar-refractivity contribution < 1.29 is 31.1 Å². The third-order valence-electron chi connectivity index (χ3n) is 3.01. The lowest BCUT2D eigenvalue weighted by molar-refractivity contribution is -0.137. The van der Waals surface area contributed by atoms with Crippen LogP contribution >= 0.6 is 34.8 Å². The summed E-state index contributed by atoms with van der Waals surface area (Å²) < 4.78 is 67.7. The van der Waals surface area contributed by atoms with Crippen molar-refractivity contribution in [2.24, 2.45) is 0 Å². The first kappa shape index (κ1) is 21.6. The van der Waals surface area contributed by atoms with Gasteiger partial charge in [0.25, 0.3) is 5.91 Å². The van der Waals surface area contributed by atoms with Crippen molar-refractivity contribution in [2.45, 2.75) is 6.18 Å². The largest absolute Gasteiger partial charge is 0.454 e. The van der Waals surface area contributed by atoms with Gasteiger partial charge < -0.3 is 4.74 Å². The van der Waals surface area contributed by atoms with Crippen molar-refractivity contribution in [2.75, 3.05) is 6.26 Å². The lowest BCUT2D eigenvalue weighted by atomic mass is 10.2. The van der Waals surface area contributed by atoms with Gasteiger partial charge in [0.15, 0.2) is 5.75 Å². The molecule has 0 aromatic heterocycles. The van der Waals surface area contributed by atoms with Crippen molar-refractivity contribution in [1.82, 2.24) is 4.72 Å². The van der Waals surface area contributed by atoms with E-state index in [9.17, 15) is 26.4 Å². The van der Waals surface area contributed by atoms with Gasteiger partial charge >= 0.3 is 6.18 Å². The highest BCUT2D eigenvalue weighted by atomic mass is 35.5. The van der Waals surface area contributed by atoms with E-state index in [1.54, 1.807) is 4.72 Å². The van der Waals surface area contributed by atoms with Crippen LogP contribution < -0.4 is 9.46 Å². The van der Waals surface area contributed by atoms with Gasteiger partial charge in [-0.15, -0.1) is 0 Å². The minimum Gasteiger partial charge on any atom is -0.454 e. The van der Waals surface area contributed by atoms with E-state index in [1.807, 2.05) is 0 Å². The molecule has 0 unspecified atom stereocenters. The number of hydrogen-bond acceptors (Lipinski definition) is 4. The predicted octanol–water partition coefficient (Wildman–Crippen LogP) is 5.15. The Kier molecular flexibility index (Phi) is 6.20. The molecule has 0 spiro atoms. The molecule has 1 amide bonds. The second-order valence-electron chi connectivity index (χ2n) is 5.21. The normalized spacial score (nSPS) is 12.0. The number of amides is 1. The van der Waals surface area contributed by atoms with Crippen LogP contribution in [0.2, 0.25) is 15.1 Å². The molecule has 2 rings (SSSR count). The van der Waals surface area contributed by atoms with Gasteiger partial charge in [-0.3, -0.25) is 4.79 Å². The molecule has 0 aliphatic rings. The maximum atomic E-state index is 12.8. The topological polar surface area (TPSA) is 72.5 Å². The highest BCUT2D eigenvalue weighted by Gasteiger charge is 2.32. The minimum absolute atomic E-state index is 0.0541. The molecular formula is C15H9Cl3F3NO4S. The van der Waals surface area contributed by atoms with Crippen LogP contribution in [0.1, 0.15) is 15.9 Å². The zero-order valence-corrected chi connectivity index (χ0v) is 16.3. The number of nitrogens with one attached hydrogen (secondary N) is 1. The van der Waals surface area contributed by atoms with Crippen LogP contribution in [0, 0.1) is 0 Å². The summed E-state index contributed by atoms with van der Waals surface area (Å²) >= 11 is 17.5. The van der Waals surface area contributed by atoms with Gasteiger partial charge in [-0.1, -0.05) is 34.8 Å². The Labute approximate surface area is 167 Å². The number of carbonyl (C=O) groups is 1. The number of alkyl halides is 3. The molecule has 12 heteroatoms. The smallest absolute Gasteiger partial charge is 0.416 e. The Balaban J connectivity index is 2.39. The van der Waals surface area contributed by atoms with E-state index in [2.05, 4.69) is 0 Å². The molecule has 0 aliphatic carbocycles. The van der Waals surface area contributed by atoms with Crippen LogP contribution in [0.25, 0.3) is 0 Å². The van der Waals surface area contributed by atoms with Crippen molar-refractivity contribution in [1.29, 1.82) is 0 Å². The Bertz CT molecular complexity index is 987. The number of carbonyl (C=O) groups excluding carboxylic acids is 1. The van der Waals surface area contributed by atoms with Crippen molar-refractivity contribution in [3.63, 3.8) is 0 Å². The molecule has 0 aliphatic heterocycles. The van der Waals surface area contributed by atoms with Gasteiger partial charge in [0, 0.05) is 0 Å². The van der Waals surface area contributed by atoms with Crippen molar-refractivity contribution in [3.8, 4) is 11.5 Å². The van der Waals surface area contributed by atoms with E-state index in [-0.39, 0.29) is 22.1 Å². The molecule has 1 N–H and O–H groups in total. The fourth-order valence-electron chi connectivity index (χ4n) is 1.90. The van der Waals surface area contributed by atoms with Gasteiger partial charge in [0.2, 0.25) is 10.0 Å². The summed E-state index contributed by atoms with van der Waals surface area (Å²) in [6, 6.07) is 4.89. The Morgan fingerprint density at radius 2 is 1.59 bits per heavy atom. The first-order valence-corrected chi connectivity index (χ1v) is 9.86. The number of halogens is 6. The number of hydrogen-bond donors (Lipinski definition) is 1. The first-order chi connectivity index (χ1) is 12.3. The van der Waals surface area contributed by atoms with Gasteiger partial charge in [0.05, 0.1) is 32.5 Å². The maximum Gasteiger partial charge on any atom is 0.416 e. The molecule has 0 heterocycles. The molecule has 2 aromatic carbocycles. The van der Waals surface area contributed by atoms with E-state index in [1.165, 1.54) is 12.1 Å². The molecule has 0 saturated heterocycles. The Morgan fingerprint density at radius 1 is 1.04 bits per heavy atom. The summed E-state index contributed by atoms with van der Waals surface area (Å²) in [7, 11) is -3.84. The van der Waals surface area contributed by atoms with Crippen molar-refractivity contribution in [3.05, 3.63) is 56.5 Å². The van der Waals surface area contributed by atoms with E-state index in [4.69, 9.17) is 39.5 Å². The van der Waals surface area contributed by atoms with E-state index in [0.717, 1.165) is 12.3 Å². The minimum atomic E-state index is -4.65. The van der Waals surface area contributed by atoms with Crippen molar-refractivity contribution >= 4 is 50.7 Å². The molecule has 0 saturated carbocycles. The molecule has 0 bridgehead atoms. The Hall–Kier alpha value is -1.68. The highest BCUT2D eigenvalue weighted by Crippen LogP contribution is 2.42. The number of benzene rings is 2. The van der Waals surface area contributed by atoms with Gasteiger partial charge in [0.1, 0.15) is 5.75 Å². The average Bonchev–Trinajstić information content (AvgIpc) is 2.49. The molecule has 0 atom stereocenters. The van der Waals surface area contributed by atoms with E-state index in [0.29, 0.717) is 12.1 Å². The monoisotopic (exact) mass is 461 g/mol. The summed E-state index contributed by atoms with van der Waals surface area (Å²) in [5.74, 6) is -1.35. The maximum absolute atomic E-state index is 12.8. The molecule has 5 nitrogen and oxygen atoms in total. The molecule has 0 fully saturated rings. The second kappa shape index (κ2) is 7.75. The fourth-order valence-corrected chi connectivity index (χ4v) is 3.12. The van der Waals surface area contributed by atoms with E-state index >= 15 is 0 Å². The standard InChI is InChI=1S/C15H9Cl3F3NO4S/c1-27(24,25)22-14(23)9-6-8(2-3-10(9)16)26-13-11(17)4-7(5-12(13)18)15(19,20)21/h2-6H,1H3,(H,22,23). The van der Waals surface area contributed by atoms with Gasteiger partial charge in [-0.2, -0.15) is 13.2 Å². The first-order valence-electron chi connectivity index (χ1n) is 6.83. The fraction of sp³-hybridized carbons (Fsp3) is 0.133. The van der Waals surface area contributed by atoms with Crippen LogP contribution in [-0.2, 0) is 16.2 Å². The summed E-state index contributed by atoms with van der Waals surface area (Å²) in [4.78, 5) is 12.0. The predicted molar refractivity (Wildman–Crippen MR) is 95.3 cm³/mol. The quantitative estimate of drug-likeness (QED) is 0.682. The molecular weight excluding hydrogens is 454 g/mol. The third-order valence-corrected chi connectivity index (χ3v) is 4.45. The average molecular weight is 463 g/mol. The summed E-state index contributed by atoms with van der Waals surface area (Å²) in [5.41, 5.74) is -1.30. The highest BCUT2D eigenvalue weighted by molar-refractivity contribution is 7.89.